The van der Waals surface area contributed by atoms with E-state index in [0.29, 0.717) is 21.9 Å². The molecule has 0 spiro atoms. The molecule has 0 radical (unpaired) electrons. The zero-order valence-electron chi connectivity index (χ0n) is 8.72. The van der Waals surface area contributed by atoms with Gasteiger partial charge in [0, 0.05) is 18.1 Å². The van der Waals surface area contributed by atoms with Crippen molar-refractivity contribution in [2.24, 2.45) is 0 Å². The first-order valence-electron chi connectivity index (χ1n) is 4.82. The lowest BCUT2D eigenvalue weighted by Crippen LogP contribution is -2.37. The molecule has 0 aliphatic carbocycles. The predicted octanol–water partition coefficient (Wildman–Crippen LogP) is 1.92. The fourth-order valence-electron chi connectivity index (χ4n) is 1.60. The van der Waals surface area contributed by atoms with E-state index < -0.39 is 10.0 Å². The lowest BCUT2D eigenvalue weighted by molar-refractivity contribution is 0.181. The average Bonchev–Trinajstić information content (AvgIpc) is 2.86. The molecule has 1 unspecified atom stereocenters. The van der Waals surface area contributed by atoms with E-state index >= 15 is 0 Å². The Morgan fingerprint density at radius 1 is 1.62 bits per heavy atom. The third-order valence-electron chi connectivity index (χ3n) is 2.62. The standard InChI is InChI=1S/C9H12BrNO3S2/c1-11(7-2-4-14-6-7)16(12,13)9-8(10)3-5-15-9/h3,5,7H,2,4,6H2,1H3. The highest BCUT2D eigenvalue weighted by Crippen LogP contribution is 2.31. The number of ether oxygens (including phenoxy) is 1. The van der Waals surface area contributed by atoms with Crippen molar-refractivity contribution in [2.45, 2.75) is 16.7 Å². The minimum absolute atomic E-state index is 0.0426. The van der Waals surface area contributed by atoms with Crippen molar-refractivity contribution in [3.8, 4) is 0 Å². The molecule has 2 rings (SSSR count). The number of thiophene rings is 1. The van der Waals surface area contributed by atoms with Gasteiger partial charge in [0.15, 0.2) is 0 Å². The lowest BCUT2D eigenvalue weighted by atomic mass is 10.3. The molecule has 0 N–H and O–H groups in total. The highest BCUT2D eigenvalue weighted by molar-refractivity contribution is 9.10. The van der Waals surface area contributed by atoms with Crippen molar-refractivity contribution < 1.29 is 13.2 Å². The highest BCUT2D eigenvalue weighted by atomic mass is 79.9. The zero-order valence-corrected chi connectivity index (χ0v) is 11.9. The first-order valence-corrected chi connectivity index (χ1v) is 7.93. The maximum absolute atomic E-state index is 12.3. The maximum Gasteiger partial charge on any atom is 0.253 e. The van der Waals surface area contributed by atoms with Crippen molar-refractivity contribution in [3.63, 3.8) is 0 Å². The summed E-state index contributed by atoms with van der Waals surface area (Å²) in [7, 11) is -1.77. The van der Waals surface area contributed by atoms with Gasteiger partial charge in [0.05, 0.1) is 12.6 Å². The molecule has 1 atom stereocenters. The van der Waals surface area contributed by atoms with E-state index in [2.05, 4.69) is 15.9 Å². The molecule has 0 saturated carbocycles. The molecule has 0 bridgehead atoms. The quantitative estimate of drug-likeness (QED) is 0.853. The Kier molecular flexibility index (Phi) is 3.70. The molecule has 0 amide bonds. The summed E-state index contributed by atoms with van der Waals surface area (Å²) >= 11 is 4.48. The van der Waals surface area contributed by atoms with Gasteiger partial charge in [-0.1, -0.05) is 0 Å². The van der Waals surface area contributed by atoms with Gasteiger partial charge in [0.25, 0.3) is 10.0 Å². The number of hydrogen-bond donors (Lipinski definition) is 0. The van der Waals surface area contributed by atoms with Crippen LogP contribution in [-0.2, 0) is 14.8 Å². The number of nitrogens with zero attached hydrogens (tertiary/aromatic N) is 1. The second-order valence-corrected chi connectivity index (χ2v) is 7.56. The van der Waals surface area contributed by atoms with Crippen LogP contribution in [0, 0.1) is 0 Å². The zero-order chi connectivity index (χ0) is 11.8. The SMILES string of the molecule is CN(C1CCOC1)S(=O)(=O)c1sccc1Br. The van der Waals surface area contributed by atoms with Crippen LogP contribution in [0.2, 0.25) is 0 Å². The molecule has 1 aliphatic rings. The summed E-state index contributed by atoms with van der Waals surface area (Å²) in [6, 6.07) is 1.70. The van der Waals surface area contributed by atoms with Gasteiger partial charge in [-0.2, -0.15) is 4.31 Å². The Hall–Kier alpha value is 0.0500. The van der Waals surface area contributed by atoms with Crippen LogP contribution in [0.5, 0.6) is 0 Å². The second-order valence-electron chi connectivity index (χ2n) is 3.59. The van der Waals surface area contributed by atoms with Crippen LogP contribution < -0.4 is 0 Å². The molecule has 90 valence electrons. The summed E-state index contributed by atoms with van der Waals surface area (Å²) in [5.41, 5.74) is 0. The largest absolute Gasteiger partial charge is 0.380 e. The molecule has 16 heavy (non-hydrogen) atoms. The molecular formula is C9H12BrNO3S2. The summed E-state index contributed by atoms with van der Waals surface area (Å²) in [6.45, 7) is 1.12. The van der Waals surface area contributed by atoms with Gasteiger partial charge in [-0.3, -0.25) is 0 Å². The fourth-order valence-corrected chi connectivity index (χ4v) is 5.45. The number of sulfonamides is 1. The molecule has 1 aliphatic heterocycles. The van der Waals surface area contributed by atoms with E-state index in [0.717, 1.165) is 6.42 Å². The van der Waals surface area contributed by atoms with E-state index in [4.69, 9.17) is 4.74 Å². The van der Waals surface area contributed by atoms with Gasteiger partial charge in [-0.25, -0.2) is 8.42 Å². The number of halogens is 1. The summed E-state index contributed by atoms with van der Waals surface area (Å²) in [5, 5.41) is 1.76. The van der Waals surface area contributed by atoms with E-state index in [1.165, 1.54) is 15.6 Å². The van der Waals surface area contributed by atoms with Crippen molar-refractivity contribution in [2.75, 3.05) is 20.3 Å². The Labute approximate surface area is 107 Å². The first kappa shape index (κ1) is 12.5. The van der Waals surface area contributed by atoms with Crippen LogP contribution >= 0.6 is 27.3 Å². The number of likely N-dealkylation sites (N-methyl/N-ethyl adjacent to an activating group) is 1. The van der Waals surface area contributed by atoms with Crippen molar-refractivity contribution in [1.82, 2.24) is 4.31 Å². The summed E-state index contributed by atoms with van der Waals surface area (Å²) in [4.78, 5) is 0. The Balaban J connectivity index is 2.28. The van der Waals surface area contributed by atoms with Crippen LogP contribution in [0.25, 0.3) is 0 Å². The minimum atomic E-state index is -3.38. The third kappa shape index (κ3) is 2.19. The summed E-state index contributed by atoms with van der Waals surface area (Å²) < 4.78 is 32.1. The Morgan fingerprint density at radius 3 is 2.88 bits per heavy atom. The molecule has 7 heteroatoms. The van der Waals surface area contributed by atoms with Gasteiger partial charge in [0.2, 0.25) is 0 Å². The molecule has 1 fully saturated rings. The number of hydrogen-bond acceptors (Lipinski definition) is 4. The van der Waals surface area contributed by atoms with Gasteiger partial charge in [-0.15, -0.1) is 11.3 Å². The van der Waals surface area contributed by atoms with E-state index in [1.807, 2.05) is 0 Å². The summed E-state index contributed by atoms with van der Waals surface area (Å²) in [5.74, 6) is 0. The van der Waals surface area contributed by atoms with Crippen molar-refractivity contribution in [1.29, 1.82) is 0 Å². The monoisotopic (exact) mass is 325 g/mol. The molecule has 1 aromatic rings. The topological polar surface area (TPSA) is 46.6 Å². The average molecular weight is 326 g/mol. The lowest BCUT2D eigenvalue weighted by Gasteiger charge is -2.21. The smallest absolute Gasteiger partial charge is 0.253 e. The highest BCUT2D eigenvalue weighted by Gasteiger charge is 2.32. The molecule has 2 heterocycles. The maximum atomic E-state index is 12.3. The van der Waals surface area contributed by atoms with Crippen LogP contribution in [0.3, 0.4) is 0 Å². The predicted molar refractivity (Wildman–Crippen MR) is 66.2 cm³/mol. The fraction of sp³-hybridized carbons (Fsp3) is 0.556. The van der Waals surface area contributed by atoms with Crippen LogP contribution in [-0.4, -0.2) is 39.0 Å². The number of rotatable bonds is 3. The van der Waals surface area contributed by atoms with Gasteiger partial charge in [-0.05, 0) is 33.8 Å². The molecule has 1 aromatic heterocycles. The van der Waals surface area contributed by atoms with E-state index in [-0.39, 0.29) is 6.04 Å². The molecular weight excluding hydrogens is 314 g/mol. The van der Waals surface area contributed by atoms with Crippen molar-refractivity contribution in [3.05, 3.63) is 15.9 Å². The van der Waals surface area contributed by atoms with Gasteiger partial charge in [0.1, 0.15) is 4.21 Å². The van der Waals surface area contributed by atoms with E-state index in [1.54, 1.807) is 18.5 Å². The van der Waals surface area contributed by atoms with Gasteiger partial charge < -0.3 is 4.74 Å². The molecule has 4 nitrogen and oxygen atoms in total. The van der Waals surface area contributed by atoms with Gasteiger partial charge >= 0.3 is 0 Å². The Morgan fingerprint density at radius 2 is 2.38 bits per heavy atom. The summed E-state index contributed by atoms with van der Waals surface area (Å²) in [6.07, 6.45) is 0.763. The van der Waals surface area contributed by atoms with E-state index in [9.17, 15) is 8.42 Å². The Bertz CT molecular complexity index is 465. The third-order valence-corrected chi connectivity index (χ3v) is 7.18. The molecule has 0 aromatic carbocycles. The second kappa shape index (κ2) is 4.73. The van der Waals surface area contributed by atoms with Crippen LogP contribution in [0.15, 0.2) is 20.1 Å². The molecule has 1 saturated heterocycles. The van der Waals surface area contributed by atoms with Crippen molar-refractivity contribution >= 4 is 37.3 Å². The van der Waals surface area contributed by atoms with Crippen LogP contribution in [0.4, 0.5) is 0 Å². The normalized spacial score (nSPS) is 21.8. The minimum Gasteiger partial charge on any atom is -0.380 e. The van der Waals surface area contributed by atoms with Crippen LogP contribution in [0.1, 0.15) is 6.42 Å². The first-order chi connectivity index (χ1) is 7.53.